The largest absolute Gasteiger partial charge is 0.376 e. The topological polar surface area (TPSA) is 100 Å². The number of rotatable bonds is 6. The molecule has 28 heavy (non-hydrogen) atoms. The first kappa shape index (κ1) is 23.4. The highest BCUT2D eigenvalue weighted by Gasteiger charge is 2.29. The van der Waals surface area contributed by atoms with E-state index in [0.29, 0.717) is 38.4 Å². The number of ether oxygens (including phenoxy) is 1. The molecule has 1 aromatic rings. The lowest BCUT2D eigenvalue weighted by Crippen LogP contribution is -2.54. The monoisotopic (exact) mass is 527 g/mol. The summed E-state index contributed by atoms with van der Waals surface area (Å²) in [5.74, 6) is 0.705. The number of guanidine groups is 1. The Hall–Kier alpha value is -0.920. The molecule has 1 aromatic heterocycles. The van der Waals surface area contributed by atoms with Gasteiger partial charge in [0.2, 0.25) is 10.0 Å². The van der Waals surface area contributed by atoms with Crippen LogP contribution < -0.4 is 5.32 Å². The zero-order valence-corrected chi connectivity index (χ0v) is 19.4. The van der Waals surface area contributed by atoms with Gasteiger partial charge in [0.15, 0.2) is 5.96 Å². The predicted octanol–water partition coefficient (Wildman–Crippen LogP) is 1.27. The first-order chi connectivity index (χ1) is 13.1. The molecule has 3 rings (SSSR count). The average Bonchev–Trinajstić information content (AvgIpc) is 3.18. The van der Waals surface area contributed by atoms with Crippen molar-refractivity contribution in [2.75, 3.05) is 45.9 Å². The van der Waals surface area contributed by atoms with Crippen molar-refractivity contribution < 1.29 is 17.7 Å². The maximum Gasteiger partial charge on any atom is 0.220 e. The predicted molar refractivity (Wildman–Crippen MR) is 117 cm³/mol. The molecule has 1 atom stereocenters. The Kier molecular flexibility index (Phi) is 9.44. The minimum Gasteiger partial charge on any atom is -0.376 e. The van der Waals surface area contributed by atoms with Gasteiger partial charge in [-0.15, -0.1) is 24.0 Å². The van der Waals surface area contributed by atoms with Crippen molar-refractivity contribution in [1.82, 2.24) is 19.7 Å². The molecule has 11 heteroatoms. The summed E-state index contributed by atoms with van der Waals surface area (Å²) < 4.78 is 37.1. The Bertz CT molecular complexity index is 699. The Balaban J connectivity index is 0.00000280. The first-order valence-corrected chi connectivity index (χ1v) is 11.2. The number of piperazine rings is 1. The molecule has 0 aromatic carbocycles. The van der Waals surface area contributed by atoms with Gasteiger partial charge < -0.3 is 19.5 Å². The summed E-state index contributed by atoms with van der Waals surface area (Å²) in [5, 5.41) is 7.01. The SMILES string of the molecule is CCNC(=NCC1CCCCO1)N1CCN(S(=O)(=O)Cc2ccon2)CC1.I. The van der Waals surface area contributed by atoms with E-state index in [1.54, 1.807) is 6.07 Å². The van der Waals surface area contributed by atoms with E-state index in [9.17, 15) is 8.42 Å². The van der Waals surface area contributed by atoms with Gasteiger partial charge in [-0.1, -0.05) is 5.16 Å². The van der Waals surface area contributed by atoms with Crippen molar-refractivity contribution in [3.05, 3.63) is 18.0 Å². The van der Waals surface area contributed by atoms with Gasteiger partial charge in [0.25, 0.3) is 0 Å². The van der Waals surface area contributed by atoms with Crippen LogP contribution >= 0.6 is 24.0 Å². The van der Waals surface area contributed by atoms with Crippen LogP contribution in [0.15, 0.2) is 21.8 Å². The number of halogens is 1. The molecule has 0 aliphatic carbocycles. The molecule has 2 aliphatic rings. The highest BCUT2D eigenvalue weighted by Crippen LogP contribution is 2.15. The summed E-state index contributed by atoms with van der Waals surface area (Å²) in [6.07, 6.45) is 4.95. The molecular weight excluding hydrogens is 497 g/mol. The third-order valence-electron chi connectivity index (χ3n) is 4.81. The molecular formula is C17H30IN5O4S. The normalized spacial score (nSPS) is 22.0. The van der Waals surface area contributed by atoms with Gasteiger partial charge in [-0.2, -0.15) is 4.31 Å². The van der Waals surface area contributed by atoms with E-state index in [1.165, 1.54) is 17.0 Å². The number of aliphatic imine (C=N–C) groups is 1. The molecule has 0 bridgehead atoms. The van der Waals surface area contributed by atoms with Crippen LogP contribution in [-0.2, 0) is 20.5 Å². The van der Waals surface area contributed by atoms with Crippen molar-refractivity contribution in [2.45, 2.75) is 38.0 Å². The lowest BCUT2D eigenvalue weighted by Gasteiger charge is -2.36. The Morgan fingerprint density at radius 3 is 2.71 bits per heavy atom. The molecule has 160 valence electrons. The summed E-state index contributed by atoms with van der Waals surface area (Å²) in [7, 11) is -3.39. The average molecular weight is 527 g/mol. The molecule has 0 saturated carbocycles. The van der Waals surface area contributed by atoms with E-state index in [2.05, 4.69) is 15.4 Å². The molecule has 1 N–H and O–H groups in total. The molecule has 2 fully saturated rings. The van der Waals surface area contributed by atoms with Gasteiger partial charge in [0, 0.05) is 45.4 Å². The summed E-state index contributed by atoms with van der Waals surface area (Å²) in [5.41, 5.74) is 0.430. The lowest BCUT2D eigenvalue weighted by atomic mass is 10.1. The number of hydrogen-bond acceptors (Lipinski definition) is 6. The summed E-state index contributed by atoms with van der Waals surface area (Å²) in [6, 6.07) is 1.58. The Morgan fingerprint density at radius 1 is 1.32 bits per heavy atom. The fourth-order valence-electron chi connectivity index (χ4n) is 3.33. The molecule has 0 radical (unpaired) electrons. The molecule has 2 aliphatic heterocycles. The first-order valence-electron chi connectivity index (χ1n) is 9.60. The standard InChI is InChI=1S/C17H29N5O4S.HI/c1-2-18-17(19-13-16-5-3-4-11-25-16)21-7-9-22(10-8-21)27(23,24)14-15-6-12-26-20-15;/h6,12,16H,2-5,7-11,13-14H2,1H3,(H,18,19);1H. The van der Waals surface area contributed by atoms with Crippen LogP contribution in [-0.4, -0.2) is 80.7 Å². The van der Waals surface area contributed by atoms with Crippen molar-refractivity contribution in [3.63, 3.8) is 0 Å². The van der Waals surface area contributed by atoms with Crippen molar-refractivity contribution in [2.24, 2.45) is 4.99 Å². The van der Waals surface area contributed by atoms with Crippen molar-refractivity contribution in [1.29, 1.82) is 0 Å². The minimum atomic E-state index is -3.39. The quantitative estimate of drug-likeness (QED) is 0.338. The smallest absolute Gasteiger partial charge is 0.220 e. The summed E-state index contributed by atoms with van der Waals surface area (Å²) in [4.78, 5) is 6.84. The summed E-state index contributed by atoms with van der Waals surface area (Å²) >= 11 is 0. The van der Waals surface area contributed by atoms with Crippen molar-refractivity contribution >= 4 is 40.0 Å². The maximum atomic E-state index is 12.6. The highest BCUT2D eigenvalue weighted by atomic mass is 127. The van der Waals surface area contributed by atoms with Crippen LogP contribution in [0.3, 0.4) is 0 Å². The van der Waals surface area contributed by atoms with Crippen LogP contribution in [0.2, 0.25) is 0 Å². The lowest BCUT2D eigenvalue weighted by molar-refractivity contribution is 0.0223. The fraction of sp³-hybridized carbons (Fsp3) is 0.765. The summed E-state index contributed by atoms with van der Waals surface area (Å²) in [6.45, 7) is 6.35. The number of aromatic nitrogens is 1. The number of sulfonamides is 1. The Labute approximate surface area is 183 Å². The number of hydrogen-bond donors (Lipinski definition) is 1. The van der Waals surface area contributed by atoms with Gasteiger partial charge >= 0.3 is 0 Å². The molecule has 0 amide bonds. The van der Waals surface area contributed by atoms with Gasteiger partial charge in [0.1, 0.15) is 12.0 Å². The van der Waals surface area contributed by atoms with Gasteiger partial charge in [0.05, 0.1) is 18.3 Å². The number of nitrogens with one attached hydrogen (secondary N) is 1. The fourth-order valence-corrected chi connectivity index (χ4v) is 4.76. The second-order valence-electron chi connectivity index (χ2n) is 6.82. The van der Waals surface area contributed by atoms with Gasteiger partial charge in [-0.3, -0.25) is 4.99 Å². The van der Waals surface area contributed by atoms with Crippen LogP contribution in [0, 0.1) is 0 Å². The van der Waals surface area contributed by atoms with Crippen LogP contribution in [0.5, 0.6) is 0 Å². The van der Waals surface area contributed by atoms with E-state index in [4.69, 9.17) is 14.3 Å². The van der Waals surface area contributed by atoms with Crippen LogP contribution in [0.1, 0.15) is 31.9 Å². The Morgan fingerprint density at radius 2 is 2.11 bits per heavy atom. The van der Waals surface area contributed by atoms with E-state index in [1.807, 2.05) is 6.92 Å². The van der Waals surface area contributed by atoms with Crippen LogP contribution in [0.25, 0.3) is 0 Å². The second-order valence-corrected chi connectivity index (χ2v) is 8.79. The zero-order valence-electron chi connectivity index (χ0n) is 16.2. The van der Waals surface area contributed by atoms with Crippen LogP contribution in [0.4, 0.5) is 0 Å². The molecule has 1 unspecified atom stereocenters. The van der Waals surface area contributed by atoms with E-state index in [-0.39, 0.29) is 35.8 Å². The third-order valence-corrected chi connectivity index (χ3v) is 6.62. The van der Waals surface area contributed by atoms with E-state index >= 15 is 0 Å². The van der Waals surface area contributed by atoms with Gasteiger partial charge in [-0.25, -0.2) is 8.42 Å². The molecule has 9 nitrogen and oxygen atoms in total. The maximum absolute atomic E-state index is 12.6. The molecule has 2 saturated heterocycles. The zero-order chi connectivity index (χ0) is 19.1. The van der Waals surface area contributed by atoms with Gasteiger partial charge in [-0.05, 0) is 26.2 Å². The molecule has 0 spiro atoms. The minimum absolute atomic E-state index is 0. The highest BCUT2D eigenvalue weighted by molar-refractivity contribution is 14.0. The number of nitrogens with zero attached hydrogens (tertiary/aromatic N) is 4. The third kappa shape index (κ3) is 6.56. The van der Waals surface area contributed by atoms with Crippen molar-refractivity contribution in [3.8, 4) is 0 Å². The molecule has 3 heterocycles. The van der Waals surface area contributed by atoms with E-state index < -0.39 is 10.0 Å². The van der Waals surface area contributed by atoms with E-state index in [0.717, 1.165) is 32.0 Å². The second kappa shape index (κ2) is 11.3.